The van der Waals surface area contributed by atoms with E-state index in [-0.39, 0.29) is 12.1 Å². The molecule has 0 bridgehead atoms. The van der Waals surface area contributed by atoms with Crippen molar-refractivity contribution in [2.45, 2.75) is 66.2 Å². The molecule has 0 fully saturated rings. The average molecular weight is 398 g/mol. The Morgan fingerprint density at radius 1 is 1.41 bits per heavy atom. The molecular weight excluding hydrogens is 362 g/mol. The Bertz CT molecular complexity index is 624. The zero-order valence-electron chi connectivity index (χ0n) is 18.0. The predicted molar refractivity (Wildman–Crippen MR) is 112 cm³/mol. The fourth-order valence-corrected chi connectivity index (χ4v) is 2.94. The maximum atomic E-state index is 12.2. The minimum atomic E-state index is -0.488. The topological polar surface area (TPSA) is 70.1 Å². The molecule has 0 spiro atoms. The molecule has 0 radical (unpaired) electrons. The van der Waals surface area contributed by atoms with Gasteiger partial charge in [0.1, 0.15) is 5.60 Å². The smallest absolute Gasteiger partial charge is 0.410 e. The summed E-state index contributed by atoms with van der Waals surface area (Å²) < 4.78 is 5.42. The van der Waals surface area contributed by atoms with Crippen molar-refractivity contribution in [2.75, 3.05) is 27.2 Å². The summed E-state index contributed by atoms with van der Waals surface area (Å²) in [6.45, 7) is 13.8. The van der Waals surface area contributed by atoms with Gasteiger partial charge in [0.15, 0.2) is 5.96 Å². The van der Waals surface area contributed by atoms with E-state index in [1.54, 1.807) is 23.3 Å². The number of nitrogens with zero attached hydrogens (tertiary/aromatic N) is 4. The van der Waals surface area contributed by atoms with E-state index in [9.17, 15) is 4.79 Å². The Kier molecular flexibility index (Phi) is 9.02. The number of rotatable bonds is 7. The second kappa shape index (κ2) is 10.5. The SMILES string of the molecule is CCNC(=NCCC(C)N(C)C(=O)OC(C)(C)C)N(C)Cc1csc(C)n1. The lowest BCUT2D eigenvalue weighted by Gasteiger charge is -2.28. The number of ether oxygens (including phenoxy) is 1. The fourth-order valence-electron chi connectivity index (χ4n) is 2.33. The molecule has 8 heteroatoms. The molecule has 0 aliphatic carbocycles. The Hall–Kier alpha value is -1.83. The van der Waals surface area contributed by atoms with Gasteiger partial charge in [0.05, 0.1) is 17.2 Å². The summed E-state index contributed by atoms with van der Waals surface area (Å²) in [5.74, 6) is 0.843. The van der Waals surface area contributed by atoms with E-state index < -0.39 is 5.60 Å². The summed E-state index contributed by atoms with van der Waals surface area (Å²) in [6, 6.07) is 0.0398. The van der Waals surface area contributed by atoms with Crippen LogP contribution in [-0.2, 0) is 11.3 Å². The summed E-state index contributed by atoms with van der Waals surface area (Å²) in [6.07, 6.45) is 0.454. The number of carbonyl (C=O) groups excluding carboxylic acids is 1. The number of carbonyl (C=O) groups is 1. The number of guanidine groups is 1. The van der Waals surface area contributed by atoms with Gasteiger partial charge in [-0.15, -0.1) is 11.3 Å². The van der Waals surface area contributed by atoms with Crippen LogP contribution in [-0.4, -0.2) is 65.7 Å². The van der Waals surface area contributed by atoms with Crippen molar-refractivity contribution >= 4 is 23.4 Å². The molecule has 0 aromatic carbocycles. The standard InChI is InChI=1S/C19H35N5O2S/c1-9-20-17(23(7)12-16-13-27-15(3)22-16)21-11-10-14(2)24(8)18(25)26-19(4,5)6/h13-14H,9-12H2,1-8H3,(H,20,21). The molecule has 0 aliphatic rings. The fraction of sp³-hybridized carbons (Fsp3) is 0.737. The van der Waals surface area contributed by atoms with Gasteiger partial charge >= 0.3 is 6.09 Å². The molecule has 1 atom stereocenters. The molecule has 7 nitrogen and oxygen atoms in total. The summed E-state index contributed by atoms with van der Waals surface area (Å²) in [4.78, 5) is 25.1. The number of hydrogen-bond acceptors (Lipinski definition) is 5. The zero-order valence-corrected chi connectivity index (χ0v) is 18.8. The van der Waals surface area contributed by atoms with Crippen LogP contribution in [0.5, 0.6) is 0 Å². The number of aliphatic imine (C=N–C) groups is 1. The third kappa shape index (κ3) is 8.60. The highest BCUT2D eigenvalue weighted by molar-refractivity contribution is 7.09. The van der Waals surface area contributed by atoms with E-state index in [0.29, 0.717) is 13.1 Å². The highest BCUT2D eigenvalue weighted by Gasteiger charge is 2.22. The highest BCUT2D eigenvalue weighted by atomic mass is 32.1. The molecule has 1 aromatic rings. The number of aromatic nitrogens is 1. The number of aryl methyl sites for hydroxylation is 1. The maximum Gasteiger partial charge on any atom is 0.410 e. The maximum absolute atomic E-state index is 12.2. The van der Waals surface area contributed by atoms with Crippen molar-refractivity contribution in [1.82, 2.24) is 20.1 Å². The van der Waals surface area contributed by atoms with Crippen molar-refractivity contribution in [3.8, 4) is 0 Å². The number of hydrogen-bond donors (Lipinski definition) is 1. The largest absolute Gasteiger partial charge is 0.444 e. The number of amides is 1. The first-order valence-corrected chi connectivity index (χ1v) is 10.3. The number of nitrogens with one attached hydrogen (secondary N) is 1. The molecule has 0 saturated heterocycles. The molecule has 0 aliphatic heterocycles. The first-order chi connectivity index (χ1) is 12.5. The summed E-state index contributed by atoms with van der Waals surface area (Å²) in [5, 5.41) is 6.46. The van der Waals surface area contributed by atoms with Crippen LogP contribution in [0.4, 0.5) is 4.79 Å². The first kappa shape index (κ1) is 23.2. The molecule has 1 rings (SSSR count). The van der Waals surface area contributed by atoms with Gasteiger partial charge in [-0.3, -0.25) is 4.99 Å². The van der Waals surface area contributed by atoms with Gasteiger partial charge in [-0.05, 0) is 48.0 Å². The Labute approximate surface area is 167 Å². The quantitative estimate of drug-likeness (QED) is 0.563. The molecule has 1 heterocycles. The lowest BCUT2D eigenvalue weighted by molar-refractivity contribution is 0.0231. The van der Waals surface area contributed by atoms with Crippen LogP contribution >= 0.6 is 11.3 Å². The zero-order chi connectivity index (χ0) is 20.6. The molecule has 1 amide bonds. The van der Waals surface area contributed by atoms with Crippen LogP contribution in [0.1, 0.15) is 51.7 Å². The third-order valence-electron chi connectivity index (χ3n) is 3.91. The van der Waals surface area contributed by atoms with Gasteiger partial charge in [-0.25, -0.2) is 9.78 Å². The van der Waals surface area contributed by atoms with Crippen LogP contribution in [0.15, 0.2) is 10.4 Å². The van der Waals surface area contributed by atoms with Gasteiger partial charge in [-0.1, -0.05) is 0 Å². The normalized spacial score (nSPS) is 13.3. The van der Waals surface area contributed by atoms with E-state index in [4.69, 9.17) is 9.73 Å². The predicted octanol–water partition coefficient (Wildman–Crippen LogP) is 3.49. The van der Waals surface area contributed by atoms with Crippen LogP contribution in [0, 0.1) is 6.92 Å². The summed E-state index contributed by atoms with van der Waals surface area (Å²) >= 11 is 1.66. The van der Waals surface area contributed by atoms with Crippen molar-refractivity contribution in [2.24, 2.45) is 4.99 Å². The van der Waals surface area contributed by atoms with E-state index in [1.807, 2.05) is 41.7 Å². The molecule has 27 heavy (non-hydrogen) atoms. The molecule has 0 saturated carbocycles. The second-order valence-corrected chi connectivity index (χ2v) is 8.74. The van der Waals surface area contributed by atoms with Crippen molar-refractivity contribution in [3.63, 3.8) is 0 Å². The molecule has 1 unspecified atom stereocenters. The van der Waals surface area contributed by atoms with Crippen molar-refractivity contribution in [1.29, 1.82) is 0 Å². The average Bonchev–Trinajstić information content (AvgIpc) is 2.96. The van der Waals surface area contributed by atoms with Gasteiger partial charge < -0.3 is 19.9 Å². The second-order valence-electron chi connectivity index (χ2n) is 7.68. The van der Waals surface area contributed by atoms with Crippen LogP contribution in [0.3, 0.4) is 0 Å². The van der Waals surface area contributed by atoms with Crippen molar-refractivity contribution in [3.05, 3.63) is 16.1 Å². The summed E-state index contributed by atoms with van der Waals surface area (Å²) in [7, 11) is 3.77. The molecule has 1 aromatic heterocycles. The lowest BCUT2D eigenvalue weighted by atomic mass is 10.2. The molecule has 154 valence electrons. The van der Waals surface area contributed by atoms with E-state index >= 15 is 0 Å². The lowest BCUT2D eigenvalue weighted by Crippen LogP contribution is -2.40. The van der Waals surface area contributed by atoms with E-state index in [0.717, 1.165) is 29.6 Å². The van der Waals surface area contributed by atoms with Gasteiger partial charge in [0, 0.05) is 38.6 Å². The minimum absolute atomic E-state index is 0.0398. The minimum Gasteiger partial charge on any atom is -0.444 e. The highest BCUT2D eigenvalue weighted by Crippen LogP contribution is 2.12. The Morgan fingerprint density at radius 2 is 2.07 bits per heavy atom. The Balaban J connectivity index is 2.60. The van der Waals surface area contributed by atoms with E-state index in [2.05, 4.69) is 27.5 Å². The van der Waals surface area contributed by atoms with Gasteiger partial charge in [0.2, 0.25) is 0 Å². The van der Waals surface area contributed by atoms with Crippen LogP contribution in [0.2, 0.25) is 0 Å². The van der Waals surface area contributed by atoms with Crippen LogP contribution < -0.4 is 5.32 Å². The van der Waals surface area contributed by atoms with Crippen molar-refractivity contribution < 1.29 is 9.53 Å². The van der Waals surface area contributed by atoms with Gasteiger partial charge in [-0.2, -0.15) is 0 Å². The third-order valence-corrected chi connectivity index (χ3v) is 4.74. The molecule has 1 N–H and O–H groups in total. The van der Waals surface area contributed by atoms with Gasteiger partial charge in [0.25, 0.3) is 0 Å². The van der Waals surface area contributed by atoms with Crippen LogP contribution in [0.25, 0.3) is 0 Å². The molecular formula is C19H35N5O2S. The monoisotopic (exact) mass is 397 g/mol. The number of thiazole rings is 1. The summed E-state index contributed by atoms with van der Waals surface area (Å²) in [5.41, 5.74) is 0.557. The van der Waals surface area contributed by atoms with E-state index in [1.165, 1.54) is 0 Å². The Morgan fingerprint density at radius 3 is 2.59 bits per heavy atom. The first-order valence-electron chi connectivity index (χ1n) is 9.39.